The first kappa shape index (κ1) is 34.5. The summed E-state index contributed by atoms with van der Waals surface area (Å²) in [6, 6.07) is 2.98. The minimum atomic E-state index is -1.51. The molecule has 3 fully saturated rings. The van der Waals surface area contributed by atoms with E-state index in [0.29, 0.717) is 40.5 Å². The van der Waals surface area contributed by atoms with Crippen molar-refractivity contribution in [3.05, 3.63) is 48.6 Å². The predicted octanol–water partition coefficient (Wildman–Crippen LogP) is 4.06. The van der Waals surface area contributed by atoms with Crippen LogP contribution in [0, 0.1) is 12.8 Å². The van der Waals surface area contributed by atoms with Gasteiger partial charge in [-0.15, -0.1) is 6.58 Å². The van der Waals surface area contributed by atoms with Crippen LogP contribution in [0.2, 0.25) is 0 Å². The monoisotopic (exact) mass is 664 g/mol. The molecule has 2 aliphatic carbocycles. The maximum Gasteiger partial charge on any atom is 0.408 e. The van der Waals surface area contributed by atoms with Gasteiger partial charge in [-0.3, -0.25) is 9.59 Å². The molecule has 1 aromatic heterocycles. The van der Waals surface area contributed by atoms with Crippen LogP contribution < -0.4 is 24.8 Å². The quantitative estimate of drug-likeness (QED) is 0.266. The van der Waals surface area contributed by atoms with Crippen LogP contribution in [0.5, 0.6) is 17.4 Å². The first-order valence-electron chi connectivity index (χ1n) is 16.3. The number of hydrogen-bond acceptors (Lipinski definition) is 9. The largest absolute Gasteiger partial charge is 0.496 e. The Bertz CT molecular complexity index is 1620. The summed E-state index contributed by atoms with van der Waals surface area (Å²) >= 11 is 0. The van der Waals surface area contributed by atoms with Crippen molar-refractivity contribution in [2.75, 3.05) is 20.3 Å². The molecule has 1 aliphatic heterocycles. The molecule has 48 heavy (non-hydrogen) atoms. The van der Waals surface area contributed by atoms with Gasteiger partial charge in [-0.25, -0.2) is 14.6 Å². The van der Waals surface area contributed by atoms with Crippen LogP contribution in [0.25, 0.3) is 10.9 Å². The molecule has 3 N–H and O–H groups in total. The Morgan fingerprint density at radius 1 is 1.19 bits per heavy atom. The molecule has 2 saturated carbocycles. The van der Waals surface area contributed by atoms with E-state index in [1.54, 1.807) is 26.2 Å². The summed E-state index contributed by atoms with van der Waals surface area (Å²) in [6.07, 6.45) is 3.50. The van der Waals surface area contributed by atoms with Gasteiger partial charge in [-0.1, -0.05) is 12.7 Å². The minimum absolute atomic E-state index is 0.0338. The highest BCUT2D eigenvalue weighted by atomic mass is 16.6. The van der Waals surface area contributed by atoms with Crippen LogP contribution >= 0.6 is 0 Å². The number of alkyl carbamates (subject to hydrolysis) is 1. The molecule has 3 aliphatic rings. The van der Waals surface area contributed by atoms with Gasteiger partial charge in [0, 0.05) is 29.4 Å². The number of nitrogens with one attached hydrogen (secondary N) is 2. The normalized spacial score (nSPS) is 24.0. The van der Waals surface area contributed by atoms with Crippen LogP contribution in [0.1, 0.15) is 57.9 Å². The van der Waals surface area contributed by atoms with E-state index in [9.17, 15) is 24.3 Å². The lowest BCUT2D eigenvalue weighted by atomic mass is 10.1. The summed E-state index contributed by atoms with van der Waals surface area (Å²) in [5.41, 5.74) is 0.222. The number of fused-ring (bicyclic) bond motifs is 1. The zero-order valence-corrected chi connectivity index (χ0v) is 27.9. The van der Waals surface area contributed by atoms with Gasteiger partial charge in [0.15, 0.2) is 0 Å². The standard InChI is InChI=1S/C35H44N4O9/c1-7-21-17-35(21,33(42)43)38-31(40)25-15-23(18-39(25)32(41)29(19(3)4)37-34(44)48-22-11-9-10-12-22)47-27-16-28(46-8-2)36-30-20(5)26(45-6)14-13-24(27)30/h7,13-14,16,21-23,25,29H,1,3,8-12,15,17-18H2,2,4-6H3,(H,37,44)(H,38,40)(H,42,43)/t21-,23-,25+,29+,35-/m1/s1. The van der Waals surface area contributed by atoms with Crippen LogP contribution in [-0.4, -0.2) is 89.0 Å². The molecule has 0 bridgehead atoms. The highest BCUT2D eigenvalue weighted by molar-refractivity contribution is 5.97. The number of aryl methyl sites for hydroxylation is 1. The van der Waals surface area contributed by atoms with Crippen molar-refractivity contribution in [1.82, 2.24) is 20.5 Å². The second-order valence-electron chi connectivity index (χ2n) is 12.7. The summed E-state index contributed by atoms with van der Waals surface area (Å²) in [5, 5.41) is 15.9. The summed E-state index contributed by atoms with van der Waals surface area (Å²) in [7, 11) is 1.57. The number of likely N-dealkylation sites (tertiary alicyclic amines) is 1. The van der Waals surface area contributed by atoms with Gasteiger partial charge in [0.1, 0.15) is 41.3 Å². The first-order valence-corrected chi connectivity index (χ1v) is 16.3. The minimum Gasteiger partial charge on any atom is -0.496 e. The Labute approximate surface area is 279 Å². The predicted molar refractivity (Wildman–Crippen MR) is 176 cm³/mol. The smallest absolute Gasteiger partial charge is 0.408 e. The SMILES string of the molecule is C=C[C@@H]1C[C@]1(NC(=O)[C@@H]1C[C@@H](Oc2cc(OCC)nc3c(C)c(OC)ccc23)CN1C(=O)[C@@H](NC(=O)OC1CCCC1)C(=C)C)C(=O)O. The molecule has 5 atom stereocenters. The number of amides is 3. The van der Waals surface area contributed by atoms with Gasteiger partial charge in [-0.2, -0.15) is 0 Å². The van der Waals surface area contributed by atoms with Gasteiger partial charge < -0.3 is 39.6 Å². The molecule has 258 valence electrons. The molecule has 2 heterocycles. The Morgan fingerprint density at radius 2 is 1.92 bits per heavy atom. The van der Waals surface area contributed by atoms with Crippen molar-refractivity contribution in [2.45, 2.75) is 89.1 Å². The van der Waals surface area contributed by atoms with Crippen molar-refractivity contribution in [1.29, 1.82) is 0 Å². The maximum absolute atomic E-state index is 14.2. The van der Waals surface area contributed by atoms with E-state index in [-0.39, 0.29) is 25.5 Å². The lowest BCUT2D eigenvalue weighted by molar-refractivity contribution is -0.145. The summed E-state index contributed by atoms with van der Waals surface area (Å²) in [6.45, 7) is 13.3. The van der Waals surface area contributed by atoms with Gasteiger partial charge >= 0.3 is 12.1 Å². The molecule has 1 saturated heterocycles. The zero-order valence-electron chi connectivity index (χ0n) is 27.9. The Hall–Kier alpha value is -4.81. The van der Waals surface area contributed by atoms with Crippen LogP contribution in [0.3, 0.4) is 0 Å². The highest BCUT2D eigenvalue weighted by Crippen LogP contribution is 2.45. The summed E-state index contributed by atoms with van der Waals surface area (Å²) in [4.78, 5) is 59.0. The van der Waals surface area contributed by atoms with Crippen molar-refractivity contribution in [3.63, 3.8) is 0 Å². The molecular weight excluding hydrogens is 620 g/mol. The molecule has 13 nitrogen and oxygen atoms in total. The van der Waals surface area contributed by atoms with E-state index in [2.05, 4.69) is 28.8 Å². The average Bonchev–Trinajstić information content (AvgIpc) is 3.32. The Balaban J connectivity index is 1.45. The van der Waals surface area contributed by atoms with Crippen LogP contribution in [0.15, 0.2) is 43.0 Å². The van der Waals surface area contributed by atoms with E-state index in [1.807, 2.05) is 19.9 Å². The number of carboxylic acid groups (broad SMARTS) is 1. The number of nitrogens with zero attached hydrogens (tertiary/aromatic N) is 2. The number of carboxylic acids is 1. The number of aromatic nitrogens is 1. The third-order valence-corrected chi connectivity index (χ3v) is 9.38. The number of hydrogen-bond donors (Lipinski definition) is 3. The van der Waals surface area contributed by atoms with Crippen molar-refractivity contribution >= 4 is 34.8 Å². The number of ether oxygens (including phenoxy) is 4. The zero-order chi connectivity index (χ0) is 34.7. The van der Waals surface area contributed by atoms with Gasteiger partial charge in [0.05, 0.1) is 25.8 Å². The maximum atomic E-state index is 14.2. The van der Waals surface area contributed by atoms with E-state index in [0.717, 1.165) is 31.2 Å². The molecule has 0 radical (unpaired) electrons. The number of aliphatic carboxylic acids is 1. The average molecular weight is 665 g/mol. The van der Waals surface area contributed by atoms with Crippen molar-refractivity contribution in [3.8, 4) is 17.4 Å². The van der Waals surface area contributed by atoms with E-state index < -0.39 is 53.5 Å². The lowest BCUT2D eigenvalue weighted by Crippen LogP contribution is -2.56. The van der Waals surface area contributed by atoms with Crippen LogP contribution in [0.4, 0.5) is 4.79 Å². The molecule has 13 heteroatoms. The number of rotatable bonds is 13. The summed E-state index contributed by atoms with van der Waals surface area (Å²) < 4.78 is 23.3. The molecular formula is C35H44N4O9. The van der Waals surface area contributed by atoms with E-state index in [1.165, 1.54) is 11.0 Å². The molecule has 0 unspecified atom stereocenters. The number of carbonyl (C=O) groups excluding carboxylic acids is 3. The highest BCUT2D eigenvalue weighted by Gasteiger charge is 2.61. The van der Waals surface area contributed by atoms with Crippen LogP contribution in [-0.2, 0) is 19.1 Å². The van der Waals surface area contributed by atoms with E-state index >= 15 is 0 Å². The fraction of sp³-hybridized carbons (Fsp3) is 0.514. The van der Waals surface area contributed by atoms with Gasteiger partial charge in [0.2, 0.25) is 17.7 Å². The second-order valence-corrected chi connectivity index (χ2v) is 12.7. The van der Waals surface area contributed by atoms with Gasteiger partial charge in [-0.05, 0) is 70.6 Å². The van der Waals surface area contributed by atoms with Crippen molar-refractivity contribution < 1.29 is 43.2 Å². The molecule has 0 spiro atoms. The van der Waals surface area contributed by atoms with Gasteiger partial charge in [0.25, 0.3) is 0 Å². The number of carbonyl (C=O) groups is 4. The third-order valence-electron chi connectivity index (χ3n) is 9.38. The lowest BCUT2D eigenvalue weighted by Gasteiger charge is -2.29. The van der Waals surface area contributed by atoms with Crippen molar-refractivity contribution in [2.24, 2.45) is 5.92 Å². The van der Waals surface area contributed by atoms with E-state index in [4.69, 9.17) is 18.9 Å². The first-order chi connectivity index (χ1) is 22.9. The fourth-order valence-corrected chi connectivity index (χ4v) is 6.64. The summed E-state index contributed by atoms with van der Waals surface area (Å²) in [5.74, 6) is -1.47. The number of benzene rings is 1. The second kappa shape index (κ2) is 14.1. The number of methoxy groups -OCH3 is 1. The third kappa shape index (κ3) is 6.90. The topological polar surface area (TPSA) is 166 Å². The Morgan fingerprint density at radius 3 is 2.52 bits per heavy atom. The molecule has 5 rings (SSSR count). The number of pyridine rings is 1. The molecule has 2 aromatic rings. The Kier molecular flexibility index (Phi) is 10.2. The fourth-order valence-electron chi connectivity index (χ4n) is 6.64. The molecule has 3 amide bonds. The molecule has 1 aromatic carbocycles.